The molecule has 4 aliphatic heterocycles. The number of hydrogen-bond donors (Lipinski definition) is 2. The molecule has 8 rings (SSSR count). The second-order valence-electron chi connectivity index (χ2n) is 13.5. The fourth-order valence-corrected chi connectivity index (χ4v) is 8.07. The third-order valence-electron chi connectivity index (χ3n) is 10.5. The number of carbonyl (C=O) groups excluding carboxylic acids is 4. The van der Waals surface area contributed by atoms with Crippen LogP contribution in [-0.2, 0) is 35.3 Å². The maximum atomic E-state index is 15.2. The minimum Gasteiger partial charge on any atom is -0.463 e. The molecular formula is C39H38N6O7. The number of fused-ring (bicyclic) bond motifs is 3. The molecule has 5 bridgehead atoms. The van der Waals surface area contributed by atoms with Gasteiger partial charge < -0.3 is 29.7 Å². The molecule has 0 aliphatic carbocycles. The summed E-state index contributed by atoms with van der Waals surface area (Å²) in [5.74, 6) is -3.90. The number of allylic oxidation sites excluding steroid dienone is 1. The predicted octanol–water partition coefficient (Wildman–Crippen LogP) is 2.85. The van der Waals surface area contributed by atoms with E-state index in [1.165, 1.54) is 4.90 Å². The van der Waals surface area contributed by atoms with Gasteiger partial charge in [-0.3, -0.25) is 19.2 Å². The average molecular weight is 703 g/mol. The van der Waals surface area contributed by atoms with Crippen LogP contribution in [0, 0.1) is 11.8 Å². The van der Waals surface area contributed by atoms with Crippen LogP contribution in [0.1, 0.15) is 36.1 Å². The van der Waals surface area contributed by atoms with E-state index in [1.807, 2.05) is 66.7 Å². The van der Waals surface area contributed by atoms with E-state index >= 15 is 4.79 Å². The Hall–Kier alpha value is -5.66. The van der Waals surface area contributed by atoms with E-state index in [2.05, 4.69) is 15.6 Å². The fourth-order valence-electron chi connectivity index (χ4n) is 8.07. The number of cyclic esters (lactones) is 1. The molecule has 4 aromatic rings. The van der Waals surface area contributed by atoms with Gasteiger partial charge in [0.15, 0.2) is 0 Å². The van der Waals surface area contributed by atoms with Crippen molar-refractivity contribution in [1.29, 1.82) is 0 Å². The van der Waals surface area contributed by atoms with Crippen LogP contribution in [0.4, 0.5) is 0 Å². The van der Waals surface area contributed by atoms with Crippen molar-refractivity contribution in [2.24, 2.45) is 11.8 Å². The van der Waals surface area contributed by atoms with Gasteiger partial charge in [-0.05, 0) is 29.7 Å². The van der Waals surface area contributed by atoms with Crippen LogP contribution in [0.2, 0.25) is 0 Å². The van der Waals surface area contributed by atoms with Crippen molar-refractivity contribution in [3.05, 3.63) is 120 Å². The van der Waals surface area contributed by atoms with Gasteiger partial charge in [-0.1, -0.05) is 102 Å². The Morgan fingerprint density at radius 1 is 0.923 bits per heavy atom. The lowest BCUT2D eigenvalue weighted by Gasteiger charge is -2.38. The highest BCUT2D eigenvalue weighted by molar-refractivity contribution is 6.00. The molecular weight excluding hydrogens is 664 g/mol. The van der Waals surface area contributed by atoms with Crippen molar-refractivity contribution in [2.45, 2.75) is 49.3 Å². The monoisotopic (exact) mass is 702 g/mol. The van der Waals surface area contributed by atoms with E-state index < -0.39 is 72.0 Å². The zero-order valence-electron chi connectivity index (χ0n) is 28.2. The third-order valence-corrected chi connectivity index (χ3v) is 10.5. The molecule has 2 saturated heterocycles. The zero-order valence-corrected chi connectivity index (χ0v) is 28.2. The smallest absolute Gasteiger partial charge is 0.306 e. The Morgan fingerprint density at radius 3 is 2.46 bits per heavy atom. The van der Waals surface area contributed by atoms with Crippen molar-refractivity contribution in [2.75, 3.05) is 19.8 Å². The number of aliphatic hydroxyl groups excluding tert-OH is 1. The van der Waals surface area contributed by atoms with Gasteiger partial charge in [0.25, 0.3) is 5.91 Å². The number of nitrogens with one attached hydrogen (secondary N) is 1. The number of aliphatic hydroxyl groups is 1. The summed E-state index contributed by atoms with van der Waals surface area (Å²) in [6.45, 7) is -0.495. The standard InChI is InChI=1S/C39H38N6O7/c46-22-30(26-14-6-2-7-15-26)45-35-38(50)43(24-44-29-17-10-9-16-27(29)41-42-44)21-11-3-8-18-32(47)51-23-28(25-12-4-1-5-13-25)40-36(48)33-31-19-20-39(35,52-31)34(33)37(45)49/h1-7,9-17,19-20,28,30-31,33-35,46H,8,18,21-24H2,(H,40,48)/b11-3-/t28-,30-,31-,33+,34+,35-,39+/m1/s1. The molecule has 0 unspecified atom stereocenters. The molecule has 5 heterocycles. The molecule has 52 heavy (non-hydrogen) atoms. The maximum Gasteiger partial charge on any atom is 0.306 e. The normalized spacial score (nSPS) is 28.9. The van der Waals surface area contributed by atoms with Crippen molar-refractivity contribution < 1.29 is 33.8 Å². The van der Waals surface area contributed by atoms with Crippen LogP contribution in [-0.4, -0.2) is 91.1 Å². The Bertz CT molecular complexity index is 2050. The summed E-state index contributed by atoms with van der Waals surface area (Å²) >= 11 is 0. The van der Waals surface area contributed by atoms with E-state index in [1.54, 1.807) is 52.1 Å². The number of rotatable bonds is 6. The molecule has 2 N–H and O–H groups in total. The molecule has 266 valence electrons. The SMILES string of the molecule is O=C1CC/C=C\CN(Cn2nnc3ccccc32)C(=O)[C@H]2N([C@H](CO)c3ccccc3)C(=O)[C@@H]3[C@@H](C(=O)N[C@@H](c4ccccc4)CO1)[C@H]1C=C[C@]32O1. The van der Waals surface area contributed by atoms with Crippen LogP contribution >= 0.6 is 0 Å². The number of benzene rings is 3. The largest absolute Gasteiger partial charge is 0.463 e. The van der Waals surface area contributed by atoms with Crippen LogP contribution < -0.4 is 5.32 Å². The van der Waals surface area contributed by atoms with Crippen LogP contribution in [0.3, 0.4) is 0 Å². The van der Waals surface area contributed by atoms with E-state index in [9.17, 15) is 19.5 Å². The molecule has 0 saturated carbocycles. The number of para-hydroxylation sites is 1. The van der Waals surface area contributed by atoms with Gasteiger partial charge in [0.1, 0.15) is 30.4 Å². The van der Waals surface area contributed by atoms with Crippen molar-refractivity contribution >= 4 is 34.7 Å². The van der Waals surface area contributed by atoms with Gasteiger partial charge in [0, 0.05) is 13.0 Å². The first-order valence-electron chi connectivity index (χ1n) is 17.5. The molecule has 7 atom stereocenters. The molecule has 1 aromatic heterocycles. The highest BCUT2D eigenvalue weighted by atomic mass is 16.5. The second kappa shape index (κ2) is 13.8. The van der Waals surface area contributed by atoms with Gasteiger partial charge >= 0.3 is 5.97 Å². The van der Waals surface area contributed by atoms with Crippen LogP contribution in [0.25, 0.3) is 11.0 Å². The van der Waals surface area contributed by atoms with Crippen molar-refractivity contribution in [1.82, 2.24) is 30.1 Å². The minimum absolute atomic E-state index is 0.0179. The van der Waals surface area contributed by atoms with Gasteiger partial charge in [0.2, 0.25) is 11.8 Å². The van der Waals surface area contributed by atoms with Gasteiger partial charge in [-0.2, -0.15) is 0 Å². The first-order chi connectivity index (χ1) is 25.4. The molecule has 3 aromatic carbocycles. The number of amides is 3. The molecule has 1 spiro atoms. The minimum atomic E-state index is -1.50. The number of hydrogen-bond acceptors (Lipinski definition) is 9. The van der Waals surface area contributed by atoms with Crippen molar-refractivity contribution in [3.63, 3.8) is 0 Å². The van der Waals surface area contributed by atoms with Crippen LogP contribution in [0.5, 0.6) is 0 Å². The molecule has 13 heteroatoms. The topological polar surface area (TPSA) is 156 Å². The molecule has 4 aliphatic rings. The van der Waals surface area contributed by atoms with Crippen molar-refractivity contribution in [3.8, 4) is 0 Å². The summed E-state index contributed by atoms with van der Waals surface area (Å²) in [5, 5.41) is 22.5. The number of esters is 1. The molecule has 13 nitrogen and oxygen atoms in total. The average Bonchev–Trinajstić information content (AvgIpc) is 3.93. The first kappa shape index (κ1) is 33.5. The van der Waals surface area contributed by atoms with Crippen LogP contribution in [0.15, 0.2) is 109 Å². The maximum absolute atomic E-state index is 15.2. The molecule has 0 radical (unpaired) electrons. The Labute approximate surface area is 299 Å². The second-order valence-corrected chi connectivity index (χ2v) is 13.5. The lowest BCUT2D eigenvalue weighted by Crippen LogP contribution is -2.57. The Balaban J connectivity index is 1.24. The number of nitrogens with zero attached hydrogens (tertiary/aromatic N) is 5. The number of likely N-dealkylation sites (tertiary alicyclic amines) is 1. The number of ether oxygens (including phenoxy) is 2. The quantitative estimate of drug-likeness (QED) is 0.228. The van der Waals surface area contributed by atoms with E-state index in [4.69, 9.17) is 9.47 Å². The highest BCUT2D eigenvalue weighted by Crippen LogP contribution is 2.57. The Kier molecular flexibility index (Phi) is 8.89. The summed E-state index contributed by atoms with van der Waals surface area (Å²) in [6, 6.07) is 22.8. The first-order valence-corrected chi connectivity index (χ1v) is 17.5. The molecule has 2 fully saturated rings. The lowest BCUT2D eigenvalue weighted by molar-refractivity contribution is -0.151. The van der Waals surface area contributed by atoms with Gasteiger partial charge in [0.05, 0.1) is 42.1 Å². The number of aromatic nitrogens is 3. The summed E-state index contributed by atoms with van der Waals surface area (Å²) in [7, 11) is 0. The highest BCUT2D eigenvalue weighted by Gasteiger charge is 2.74. The summed E-state index contributed by atoms with van der Waals surface area (Å²) in [4.78, 5) is 60.3. The predicted molar refractivity (Wildman–Crippen MR) is 187 cm³/mol. The van der Waals surface area contributed by atoms with E-state index in [-0.39, 0.29) is 26.2 Å². The van der Waals surface area contributed by atoms with E-state index in [0.29, 0.717) is 23.0 Å². The number of carbonyl (C=O) groups is 4. The lowest BCUT2D eigenvalue weighted by atomic mass is 9.74. The fraction of sp³-hybridized carbons (Fsp3) is 0.333. The van der Waals surface area contributed by atoms with Gasteiger partial charge in [-0.15, -0.1) is 5.10 Å². The van der Waals surface area contributed by atoms with Gasteiger partial charge in [-0.25, -0.2) is 4.68 Å². The molecule has 3 amide bonds. The van der Waals surface area contributed by atoms with E-state index in [0.717, 1.165) is 5.56 Å². The third kappa shape index (κ3) is 5.75. The summed E-state index contributed by atoms with van der Waals surface area (Å²) in [6.07, 6.45) is 6.75. The Morgan fingerprint density at radius 2 is 1.67 bits per heavy atom. The zero-order chi connectivity index (χ0) is 35.8. The summed E-state index contributed by atoms with van der Waals surface area (Å²) in [5.41, 5.74) is 1.22. The summed E-state index contributed by atoms with van der Waals surface area (Å²) < 4.78 is 13.9.